The van der Waals surface area contributed by atoms with Gasteiger partial charge in [0.2, 0.25) is 0 Å². The molecule has 28 heavy (non-hydrogen) atoms. The van der Waals surface area contributed by atoms with Gasteiger partial charge in [0.05, 0.1) is 20.6 Å². The van der Waals surface area contributed by atoms with E-state index in [0.29, 0.717) is 16.5 Å². The largest absolute Gasteiger partial charge is 0.484 e. The smallest absolute Gasteiger partial charge is 0.261 e. The van der Waals surface area contributed by atoms with Gasteiger partial charge in [0, 0.05) is 6.04 Å². The van der Waals surface area contributed by atoms with Crippen LogP contribution >= 0.6 is 23.2 Å². The van der Waals surface area contributed by atoms with E-state index in [2.05, 4.69) is 10.0 Å². The van der Waals surface area contributed by atoms with Crippen molar-refractivity contribution in [3.63, 3.8) is 0 Å². The summed E-state index contributed by atoms with van der Waals surface area (Å²) in [7, 11) is -3.79. The molecule has 2 N–H and O–H groups in total. The van der Waals surface area contributed by atoms with E-state index in [0.717, 1.165) is 25.7 Å². The molecule has 2 aromatic carbocycles. The summed E-state index contributed by atoms with van der Waals surface area (Å²) in [5.74, 6) is 0.236. The van der Waals surface area contributed by atoms with Crippen molar-refractivity contribution in [2.75, 3.05) is 11.3 Å². The monoisotopic (exact) mass is 442 g/mol. The lowest BCUT2D eigenvalue weighted by Gasteiger charge is -2.13. The Hall–Kier alpha value is -1.96. The van der Waals surface area contributed by atoms with Crippen molar-refractivity contribution in [2.24, 2.45) is 0 Å². The molecule has 9 heteroatoms. The Labute approximate surface area is 174 Å². The summed E-state index contributed by atoms with van der Waals surface area (Å²) in [6.45, 7) is -0.107. The number of rotatable bonds is 7. The molecule has 150 valence electrons. The van der Waals surface area contributed by atoms with Gasteiger partial charge >= 0.3 is 0 Å². The van der Waals surface area contributed by atoms with E-state index in [-0.39, 0.29) is 28.5 Å². The number of nitrogens with one attached hydrogen (secondary N) is 2. The molecule has 6 nitrogen and oxygen atoms in total. The Morgan fingerprint density at radius 2 is 1.71 bits per heavy atom. The van der Waals surface area contributed by atoms with Crippen molar-refractivity contribution in [2.45, 2.75) is 36.6 Å². The number of anilines is 1. The third-order valence-corrected chi connectivity index (χ3v) is 6.53. The molecule has 0 spiro atoms. The predicted octanol–water partition coefficient (Wildman–Crippen LogP) is 4.23. The minimum Gasteiger partial charge on any atom is -0.484 e. The molecule has 0 heterocycles. The van der Waals surface area contributed by atoms with Crippen molar-refractivity contribution in [1.29, 1.82) is 0 Å². The summed E-state index contributed by atoms with van der Waals surface area (Å²) in [6.07, 6.45) is 4.28. The molecule has 0 unspecified atom stereocenters. The van der Waals surface area contributed by atoms with E-state index in [1.807, 2.05) is 0 Å². The van der Waals surface area contributed by atoms with Gasteiger partial charge < -0.3 is 10.1 Å². The molecule has 0 aromatic heterocycles. The highest BCUT2D eigenvalue weighted by molar-refractivity contribution is 7.92. The molecule has 0 saturated heterocycles. The van der Waals surface area contributed by atoms with E-state index >= 15 is 0 Å². The fourth-order valence-corrected chi connectivity index (χ4v) is 4.32. The first-order valence-corrected chi connectivity index (χ1v) is 11.1. The van der Waals surface area contributed by atoms with Crippen LogP contribution in [0.1, 0.15) is 25.7 Å². The zero-order chi connectivity index (χ0) is 20.1. The van der Waals surface area contributed by atoms with Crippen molar-refractivity contribution in [1.82, 2.24) is 5.32 Å². The van der Waals surface area contributed by atoms with Crippen LogP contribution in [0, 0.1) is 0 Å². The van der Waals surface area contributed by atoms with E-state index in [1.54, 1.807) is 0 Å². The number of halogens is 2. The Morgan fingerprint density at radius 3 is 2.36 bits per heavy atom. The molecule has 0 aliphatic heterocycles. The summed E-state index contributed by atoms with van der Waals surface area (Å²) < 4.78 is 32.8. The number of hydrogen-bond acceptors (Lipinski definition) is 4. The van der Waals surface area contributed by atoms with Crippen LogP contribution in [0.3, 0.4) is 0 Å². The SMILES string of the molecule is O=C(COc1ccc(S(=O)(=O)Nc2ccc(Cl)c(Cl)c2)cc1)NC1CCCC1. The second kappa shape index (κ2) is 9.03. The van der Waals surface area contributed by atoms with Gasteiger partial charge in [-0.1, -0.05) is 36.0 Å². The number of carbonyl (C=O) groups excluding carboxylic acids is 1. The Morgan fingerprint density at radius 1 is 1.04 bits per heavy atom. The number of carbonyl (C=O) groups is 1. The zero-order valence-electron chi connectivity index (χ0n) is 15.0. The maximum absolute atomic E-state index is 12.5. The van der Waals surface area contributed by atoms with Crippen LogP contribution in [0.25, 0.3) is 0 Å². The maximum Gasteiger partial charge on any atom is 0.261 e. The molecule has 0 radical (unpaired) electrons. The summed E-state index contributed by atoms with van der Waals surface area (Å²) in [4.78, 5) is 11.9. The Bertz CT molecular complexity index is 943. The average Bonchev–Trinajstić information content (AvgIpc) is 3.16. The average molecular weight is 443 g/mol. The van der Waals surface area contributed by atoms with Crippen LogP contribution in [-0.2, 0) is 14.8 Å². The fraction of sp³-hybridized carbons (Fsp3) is 0.316. The summed E-state index contributed by atoms with van der Waals surface area (Å²) in [6, 6.07) is 10.5. The molecule has 1 aliphatic rings. The van der Waals surface area contributed by atoms with Crippen LogP contribution in [0.15, 0.2) is 47.4 Å². The zero-order valence-corrected chi connectivity index (χ0v) is 17.3. The van der Waals surface area contributed by atoms with Crippen molar-refractivity contribution >= 4 is 44.8 Å². The maximum atomic E-state index is 12.5. The number of ether oxygens (including phenoxy) is 1. The van der Waals surface area contributed by atoms with Gasteiger partial charge in [-0.25, -0.2) is 8.42 Å². The molecule has 2 aromatic rings. The number of benzene rings is 2. The van der Waals surface area contributed by atoms with Gasteiger partial charge in [0.25, 0.3) is 15.9 Å². The Balaban J connectivity index is 1.57. The summed E-state index contributed by atoms with van der Waals surface area (Å²) in [5, 5.41) is 3.52. The van der Waals surface area contributed by atoms with Crippen molar-refractivity contribution in [3.05, 3.63) is 52.5 Å². The Kier molecular flexibility index (Phi) is 6.69. The van der Waals surface area contributed by atoms with E-state index in [1.165, 1.54) is 42.5 Å². The predicted molar refractivity (Wildman–Crippen MR) is 110 cm³/mol. The van der Waals surface area contributed by atoms with Crippen LogP contribution in [-0.4, -0.2) is 27.0 Å². The normalized spacial score (nSPS) is 14.6. The second-order valence-corrected chi connectivity index (χ2v) is 9.04. The fourth-order valence-electron chi connectivity index (χ4n) is 2.98. The minimum atomic E-state index is -3.79. The molecule has 0 atom stereocenters. The molecule has 1 fully saturated rings. The lowest BCUT2D eigenvalue weighted by atomic mass is 10.2. The van der Waals surface area contributed by atoms with Crippen molar-refractivity contribution < 1.29 is 17.9 Å². The second-order valence-electron chi connectivity index (χ2n) is 6.54. The first-order valence-electron chi connectivity index (χ1n) is 8.83. The van der Waals surface area contributed by atoms with Crippen LogP contribution in [0.2, 0.25) is 10.0 Å². The molecule has 0 bridgehead atoms. The lowest BCUT2D eigenvalue weighted by Crippen LogP contribution is -2.36. The highest BCUT2D eigenvalue weighted by Crippen LogP contribution is 2.27. The summed E-state index contributed by atoms with van der Waals surface area (Å²) in [5.41, 5.74) is 0.304. The van der Waals surface area contributed by atoms with E-state index in [4.69, 9.17) is 27.9 Å². The van der Waals surface area contributed by atoms with E-state index < -0.39 is 10.0 Å². The minimum absolute atomic E-state index is 0.0568. The van der Waals surface area contributed by atoms with E-state index in [9.17, 15) is 13.2 Å². The van der Waals surface area contributed by atoms with Gasteiger partial charge in [0.15, 0.2) is 6.61 Å². The van der Waals surface area contributed by atoms with Crippen LogP contribution in [0.4, 0.5) is 5.69 Å². The van der Waals surface area contributed by atoms with Crippen LogP contribution < -0.4 is 14.8 Å². The third kappa shape index (κ3) is 5.53. The molecule has 1 amide bonds. The number of hydrogen-bond donors (Lipinski definition) is 2. The standard InChI is InChI=1S/C19H20Cl2N2O4S/c20-17-10-5-14(11-18(17)21)23-28(25,26)16-8-6-15(7-9-16)27-12-19(24)22-13-3-1-2-4-13/h5-11,13,23H,1-4,12H2,(H,22,24). The lowest BCUT2D eigenvalue weighted by molar-refractivity contribution is -0.123. The van der Waals surface area contributed by atoms with Crippen molar-refractivity contribution in [3.8, 4) is 5.75 Å². The highest BCUT2D eigenvalue weighted by atomic mass is 35.5. The quantitative estimate of drug-likeness (QED) is 0.671. The number of amides is 1. The van der Waals surface area contributed by atoms with Gasteiger partial charge in [0.1, 0.15) is 5.75 Å². The third-order valence-electron chi connectivity index (χ3n) is 4.40. The molecule has 3 rings (SSSR count). The molecular formula is C19H20Cl2N2O4S. The molecular weight excluding hydrogens is 423 g/mol. The van der Waals surface area contributed by atoms with Gasteiger partial charge in [-0.3, -0.25) is 9.52 Å². The summed E-state index contributed by atoms with van der Waals surface area (Å²) >= 11 is 11.7. The first-order chi connectivity index (χ1) is 13.3. The topological polar surface area (TPSA) is 84.5 Å². The molecule has 1 saturated carbocycles. The first kappa shape index (κ1) is 20.8. The van der Waals surface area contributed by atoms with Gasteiger partial charge in [-0.2, -0.15) is 0 Å². The number of sulfonamides is 1. The highest BCUT2D eigenvalue weighted by Gasteiger charge is 2.18. The molecule has 1 aliphatic carbocycles. The van der Waals surface area contributed by atoms with Gasteiger partial charge in [-0.05, 0) is 55.3 Å². The van der Waals surface area contributed by atoms with Crippen LogP contribution in [0.5, 0.6) is 5.75 Å². The van der Waals surface area contributed by atoms with Gasteiger partial charge in [-0.15, -0.1) is 0 Å².